The van der Waals surface area contributed by atoms with Crippen molar-refractivity contribution in [1.82, 2.24) is 14.1 Å². The van der Waals surface area contributed by atoms with Crippen LogP contribution in [-0.4, -0.2) is 24.9 Å². The van der Waals surface area contributed by atoms with Gasteiger partial charge in [0, 0.05) is 40.5 Å². The number of non-ortho nitro benzene ring substituents is 1. The number of pyridine rings is 1. The van der Waals surface area contributed by atoms with Gasteiger partial charge in [-0.3, -0.25) is 29.2 Å². The summed E-state index contributed by atoms with van der Waals surface area (Å²) in [5.41, 5.74) is -1.11. The number of amides is 1. The number of aromatic nitrogens is 3. The highest BCUT2D eigenvalue weighted by Crippen LogP contribution is 2.39. The fraction of sp³-hybridized carbons (Fsp3) is 0.103. The molecule has 10 nitrogen and oxygen atoms in total. The minimum absolute atomic E-state index is 0.0890. The summed E-state index contributed by atoms with van der Waals surface area (Å²) in [6, 6.07) is 13.6. The van der Waals surface area contributed by atoms with Crippen molar-refractivity contribution in [2.75, 3.05) is 4.90 Å². The lowest BCUT2D eigenvalue weighted by atomic mass is 10.1. The molecule has 0 spiro atoms. The highest BCUT2D eigenvalue weighted by Gasteiger charge is 2.26. The molecule has 216 valence electrons. The Balaban J connectivity index is 1.65. The summed E-state index contributed by atoms with van der Waals surface area (Å²) in [4.78, 5) is 57.5. The molecule has 1 amide bonds. The summed E-state index contributed by atoms with van der Waals surface area (Å²) in [6.45, 7) is -0.539. The molecular formula is C29H18BrF2N5O5S. The van der Waals surface area contributed by atoms with Crippen molar-refractivity contribution >= 4 is 54.9 Å². The number of benzene rings is 2. The maximum Gasteiger partial charge on any atom is 0.338 e. The molecule has 5 aromatic rings. The molecule has 1 aliphatic rings. The number of anilines is 1. The number of rotatable bonds is 7. The molecule has 0 aliphatic carbocycles. The van der Waals surface area contributed by atoms with Crippen LogP contribution in [0.3, 0.4) is 0 Å². The summed E-state index contributed by atoms with van der Waals surface area (Å²) in [6.07, 6.45) is 3.36. The lowest BCUT2D eigenvalue weighted by Gasteiger charge is -2.16. The van der Waals surface area contributed by atoms with Crippen LogP contribution in [-0.2, 0) is 16.7 Å². The van der Waals surface area contributed by atoms with Gasteiger partial charge in [0.2, 0.25) is 5.91 Å². The van der Waals surface area contributed by atoms with Gasteiger partial charge in [-0.25, -0.2) is 23.1 Å². The number of hydrogen-bond acceptors (Lipinski definition) is 7. The topological polar surface area (TPSA) is 120 Å². The van der Waals surface area contributed by atoms with Gasteiger partial charge in [-0.05, 0) is 47.5 Å². The average Bonchev–Trinajstić information content (AvgIpc) is 3.60. The van der Waals surface area contributed by atoms with Gasteiger partial charge in [-0.2, -0.15) is 0 Å². The standard InChI is InChI=1S/C29H18BrF2N5O5S/c30-14-18-25-27(39)36(23-7-2-6-22(33-23)34-13-3-8-24(34)38)29(40)35(15-19-20(31)4-1-5-21(19)32)28(25)43-26(18)16-9-11-17(12-10-16)37(41)42/h1-7,9-13H,8,14-15H2. The molecule has 4 heterocycles. The van der Waals surface area contributed by atoms with E-state index in [1.165, 1.54) is 53.6 Å². The molecule has 3 aromatic heterocycles. The number of carbonyl (C=O) groups excluding carboxylic acids is 1. The maximum atomic E-state index is 14.8. The Hall–Kier alpha value is -4.82. The van der Waals surface area contributed by atoms with Crippen LogP contribution in [0, 0.1) is 21.7 Å². The first-order chi connectivity index (χ1) is 20.7. The van der Waals surface area contributed by atoms with Crippen LogP contribution in [0.2, 0.25) is 0 Å². The van der Waals surface area contributed by atoms with Crippen molar-refractivity contribution in [1.29, 1.82) is 0 Å². The third-order valence-corrected chi connectivity index (χ3v) is 8.80. The first kappa shape index (κ1) is 28.3. The highest BCUT2D eigenvalue weighted by molar-refractivity contribution is 9.08. The molecule has 0 saturated carbocycles. The number of nitro benzene ring substituents is 1. The summed E-state index contributed by atoms with van der Waals surface area (Å²) in [5.74, 6) is -1.89. The molecule has 0 bridgehead atoms. The third-order valence-electron chi connectivity index (χ3n) is 6.94. The molecule has 43 heavy (non-hydrogen) atoms. The average molecular weight is 666 g/mol. The van der Waals surface area contributed by atoms with Crippen molar-refractivity contribution < 1.29 is 18.5 Å². The number of nitrogens with zero attached hydrogens (tertiary/aromatic N) is 5. The van der Waals surface area contributed by atoms with E-state index in [1.54, 1.807) is 12.1 Å². The molecule has 0 N–H and O–H groups in total. The number of thiophene rings is 1. The summed E-state index contributed by atoms with van der Waals surface area (Å²) in [7, 11) is 0. The molecular weight excluding hydrogens is 648 g/mol. The minimum Gasteiger partial charge on any atom is -0.279 e. The van der Waals surface area contributed by atoms with Gasteiger partial charge in [0.15, 0.2) is 0 Å². The highest BCUT2D eigenvalue weighted by atomic mass is 79.9. The molecule has 2 aromatic carbocycles. The fourth-order valence-electron chi connectivity index (χ4n) is 4.86. The Morgan fingerprint density at radius 3 is 2.26 bits per heavy atom. The second kappa shape index (κ2) is 11.1. The van der Waals surface area contributed by atoms with E-state index < -0.39 is 34.4 Å². The molecule has 0 saturated heterocycles. The third kappa shape index (κ3) is 4.87. The Morgan fingerprint density at radius 1 is 0.953 bits per heavy atom. The quantitative estimate of drug-likeness (QED) is 0.126. The minimum atomic E-state index is -0.897. The Morgan fingerprint density at radius 2 is 1.63 bits per heavy atom. The SMILES string of the molecule is O=C1CC=CN1c1cccc(-n2c(=O)c3c(CBr)c(-c4ccc([N+](=O)[O-])cc4)sc3n(Cc3c(F)cccc3F)c2=O)n1. The van der Waals surface area contributed by atoms with Crippen molar-refractivity contribution in [2.45, 2.75) is 18.3 Å². The monoisotopic (exact) mass is 665 g/mol. The normalized spacial score (nSPS) is 12.9. The largest absolute Gasteiger partial charge is 0.338 e. The fourth-order valence-corrected chi connectivity index (χ4v) is 6.92. The molecule has 6 rings (SSSR count). The van der Waals surface area contributed by atoms with E-state index in [2.05, 4.69) is 20.9 Å². The second-order valence-corrected chi connectivity index (χ2v) is 11.0. The second-order valence-electron chi connectivity index (χ2n) is 9.44. The van der Waals surface area contributed by atoms with Crippen LogP contribution < -0.4 is 16.1 Å². The zero-order valence-electron chi connectivity index (χ0n) is 21.9. The molecule has 0 fully saturated rings. The van der Waals surface area contributed by atoms with Crippen LogP contribution >= 0.6 is 27.3 Å². The summed E-state index contributed by atoms with van der Waals surface area (Å²) in [5, 5.41) is 11.5. The van der Waals surface area contributed by atoms with Crippen LogP contribution in [0.1, 0.15) is 17.5 Å². The molecule has 0 atom stereocenters. The Labute approximate surface area is 253 Å². The van der Waals surface area contributed by atoms with Gasteiger partial charge in [-0.1, -0.05) is 34.1 Å². The van der Waals surface area contributed by atoms with Crippen LogP contribution in [0.25, 0.3) is 26.5 Å². The van der Waals surface area contributed by atoms with E-state index in [-0.39, 0.29) is 50.8 Å². The lowest BCUT2D eigenvalue weighted by Crippen LogP contribution is -2.39. The van der Waals surface area contributed by atoms with Gasteiger partial charge >= 0.3 is 5.69 Å². The van der Waals surface area contributed by atoms with Gasteiger partial charge in [0.25, 0.3) is 11.2 Å². The van der Waals surface area contributed by atoms with E-state index in [4.69, 9.17) is 0 Å². The van der Waals surface area contributed by atoms with Crippen molar-refractivity contribution in [3.05, 3.63) is 127 Å². The molecule has 0 radical (unpaired) electrons. The maximum absolute atomic E-state index is 14.8. The number of hydrogen-bond donors (Lipinski definition) is 0. The van der Waals surface area contributed by atoms with Gasteiger partial charge in [0.05, 0.1) is 16.9 Å². The van der Waals surface area contributed by atoms with Crippen molar-refractivity contribution in [2.24, 2.45) is 0 Å². The number of fused-ring (bicyclic) bond motifs is 1. The zero-order chi connectivity index (χ0) is 30.4. The first-order valence-corrected chi connectivity index (χ1v) is 14.6. The van der Waals surface area contributed by atoms with Crippen molar-refractivity contribution in [3.8, 4) is 16.3 Å². The Kier molecular flexibility index (Phi) is 7.31. The number of halogens is 3. The van der Waals surface area contributed by atoms with Crippen LogP contribution in [0.15, 0.2) is 82.5 Å². The number of alkyl halides is 1. The van der Waals surface area contributed by atoms with E-state index in [0.29, 0.717) is 16.0 Å². The van der Waals surface area contributed by atoms with E-state index in [1.807, 2.05) is 0 Å². The molecule has 14 heteroatoms. The van der Waals surface area contributed by atoms with E-state index >= 15 is 0 Å². The number of nitro groups is 1. The lowest BCUT2D eigenvalue weighted by molar-refractivity contribution is -0.384. The van der Waals surface area contributed by atoms with E-state index in [0.717, 1.165) is 32.6 Å². The smallest absolute Gasteiger partial charge is 0.279 e. The van der Waals surface area contributed by atoms with Crippen LogP contribution in [0.5, 0.6) is 0 Å². The van der Waals surface area contributed by atoms with Gasteiger partial charge in [-0.15, -0.1) is 11.3 Å². The summed E-state index contributed by atoms with van der Waals surface area (Å²) < 4.78 is 31.5. The molecule has 1 aliphatic heterocycles. The zero-order valence-corrected chi connectivity index (χ0v) is 24.3. The van der Waals surface area contributed by atoms with Crippen molar-refractivity contribution in [3.63, 3.8) is 0 Å². The molecule has 0 unspecified atom stereocenters. The first-order valence-electron chi connectivity index (χ1n) is 12.7. The van der Waals surface area contributed by atoms with Gasteiger partial charge < -0.3 is 0 Å². The van der Waals surface area contributed by atoms with Gasteiger partial charge in [0.1, 0.15) is 28.1 Å². The Bertz CT molecular complexity index is 2090. The predicted octanol–water partition coefficient (Wildman–Crippen LogP) is 5.66. The summed E-state index contributed by atoms with van der Waals surface area (Å²) >= 11 is 4.48. The van der Waals surface area contributed by atoms with Crippen LogP contribution in [0.4, 0.5) is 20.3 Å². The van der Waals surface area contributed by atoms with E-state index in [9.17, 15) is 33.3 Å². The predicted molar refractivity (Wildman–Crippen MR) is 161 cm³/mol. The number of carbonyl (C=O) groups is 1.